The van der Waals surface area contributed by atoms with E-state index >= 15 is 0 Å². The van der Waals surface area contributed by atoms with E-state index in [1.807, 2.05) is 0 Å². The summed E-state index contributed by atoms with van der Waals surface area (Å²) in [6.45, 7) is 7.08. The van der Waals surface area contributed by atoms with Crippen LogP contribution in [0.4, 0.5) is 8.78 Å². The standard InChI is InChI=1S/C13H16F2N2.ClH/c1-2-12(17-8-6-16-7-9-17)10-4-3-5-11(14)13(10)15;/h2-5,12,16H,1,6-9H2;1H/t12-;/m1./s1. The molecule has 2 rings (SSSR count). The van der Waals surface area contributed by atoms with Gasteiger partial charge in [0.1, 0.15) is 0 Å². The van der Waals surface area contributed by atoms with Gasteiger partial charge in [-0.25, -0.2) is 8.78 Å². The van der Waals surface area contributed by atoms with Crippen LogP contribution in [0.2, 0.25) is 0 Å². The Labute approximate surface area is 112 Å². The molecule has 1 aromatic carbocycles. The SMILES string of the molecule is C=C[C@H](c1cccc(F)c1F)N1CCNCC1.Cl. The second-order valence-corrected chi connectivity index (χ2v) is 4.11. The number of hydrogen-bond acceptors (Lipinski definition) is 2. The Bertz CT molecular complexity index is 406. The van der Waals surface area contributed by atoms with E-state index in [0.29, 0.717) is 5.56 Å². The van der Waals surface area contributed by atoms with Crippen molar-refractivity contribution in [3.8, 4) is 0 Å². The number of nitrogens with zero attached hydrogens (tertiary/aromatic N) is 1. The number of piperazine rings is 1. The maximum Gasteiger partial charge on any atom is 0.163 e. The molecule has 0 radical (unpaired) electrons. The fraction of sp³-hybridized carbons (Fsp3) is 0.385. The summed E-state index contributed by atoms with van der Waals surface area (Å²) in [6.07, 6.45) is 1.67. The van der Waals surface area contributed by atoms with Crippen molar-refractivity contribution in [1.29, 1.82) is 0 Å². The molecule has 1 N–H and O–H groups in total. The quantitative estimate of drug-likeness (QED) is 0.852. The van der Waals surface area contributed by atoms with Crippen LogP contribution >= 0.6 is 12.4 Å². The normalized spacial score (nSPS) is 17.9. The molecular formula is C13H17ClF2N2. The van der Waals surface area contributed by atoms with Gasteiger partial charge in [0, 0.05) is 31.7 Å². The molecule has 5 heteroatoms. The van der Waals surface area contributed by atoms with Crippen LogP contribution in [-0.2, 0) is 0 Å². The van der Waals surface area contributed by atoms with Crippen LogP contribution in [0.3, 0.4) is 0 Å². The zero-order chi connectivity index (χ0) is 12.3. The van der Waals surface area contributed by atoms with Crippen LogP contribution in [0.5, 0.6) is 0 Å². The van der Waals surface area contributed by atoms with Crippen LogP contribution < -0.4 is 5.32 Å². The highest BCUT2D eigenvalue weighted by atomic mass is 35.5. The van der Waals surface area contributed by atoms with Gasteiger partial charge in [0.25, 0.3) is 0 Å². The molecule has 100 valence electrons. The second kappa shape index (κ2) is 6.83. The third-order valence-electron chi connectivity index (χ3n) is 3.07. The highest BCUT2D eigenvalue weighted by Gasteiger charge is 2.23. The molecule has 18 heavy (non-hydrogen) atoms. The minimum Gasteiger partial charge on any atom is -0.314 e. The van der Waals surface area contributed by atoms with Crippen molar-refractivity contribution < 1.29 is 8.78 Å². The molecule has 0 spiro atoms. The van der Waals surface area contributed by atoms with Gasteiger partial charge in [0.2, 0.25) is 0 Å². The summed E-state index contributed by atoms with van der Waals surface area (Å²) in [7, 11) is 0. The minimum atomic E-state index is -0.801. The maximum atomic E-state index is 13.7. The number of halogens is 3. The molecule has 1 fully saturated rings. The van der Waals surface area contributed by atoms with Crippen LogP contribution in [0, 0.1) is 11.6 Å². The zero-order valence-corrected chi connectivity index (χ0v) is 10.9. The summed E-state index contributed by atoms with van der Waals surface area (Å²) < 4.78 is 26.9. The molecule has 0 saturated carbocycles. The first-order valence-electron chi connectivity index (χ1n) is 5.75. The second-order valence-electron chi connectivity index (χ2n) is 4.11. The fourth-order valence-corrected chi connectivity index (χ4v) is 2.18. The lowest BCUT2D eigenvalue weighted by atomic mass is 10.0. The van der Waals surface area contributed by atoms with Crippen LogP contribution in [0.1, 0.15) is 11.6 Å². The first kappa shape index (κ1) is 15.1. The maximum absolute atomic E-state index is 13.7. The largest absolute Gasteiger partial charge is 0.314 e. The molecule has 0 bridgehead atoms. The molecule has 0 aromatic heterocycles. The van der Waals surface area contributed by atoms with E-state index in [4.69, 9.17) is 0 Å². The lowest BCUT2D eigenvalue weighted by Gasteiger charge is -2.33. The van der Waals surface area contributed by atoms with Gasteiger partial charge in [-0.1, -0.05) is 18.2 Å². The average Bonchev–Trinajstić information content (AvgIpc) is 2.37. The summed E-state index contributed by atoms with van der Waals surface area (Å²) in [5, 5.41) is 3.23. The highest BCUT2D eigenvalue weighted by molar-refractivity contribution is 5.85. The van der Waals surface area contributed by atoms with Crippen LogP contribution in [0.15, 0.2) is 30.9 Å². The molecule has 1 aliphatic rings. The van der Waals surface area contributed by atoms with E-state index in [1.165, 1.54) is 6.07 Å². The van der Waals surface area contributed by atoms with Gasteiger partial charge < -0.3 is 5.32 Å². The molecule has 0 amide bonds. The summed E-state index contributed by atoms with van der Waals surface area (Å²) in [5.41, 5.74) is 0.363. The predicted octanol–water partition coefficient (Wildman–Crippen LogP) is 2.52. The Morgan fingerprint density at radius 1 is 1.28 bits per heavy atom. The summed E-state index contributed by atoms with van der Waals surface area (Å²) in [6, 6.07) is 4.03. The van der Waals surface area contributed by atoms with E-state index in [-0.39, 0.29) is 18.4 Å². The van der Waals surface area contributed by atoms with Crippen molar-refractivity contribution in [1.82, 2.24) is 10.2 Å². The molecule has 0 unspecified atom stereocenters. The Hall–Kier alpha value is -0.970. The topological polar surface area (TPSA) is 15.3 Å². The third kappa shape index (κ3) is 3.07. The molecule has 2 nitrogen and oxygen atoms in total. The molecule has 1 heterocycles. The van der Waals surface area contributed by atoms with E-state index in [9.17, 15) is 8.78 Å². The van der Waals surface area contributed by atoms with E-state index in [1.54, 1.807) is 12.1 Å². The van der Waals surface area contributed by atoms with Gasteiger partial charge in [0.05, 0.1) is 6.04 Å². The molecule has 0 aliphatic carbocycles. The van der Waals surface area contributed by atoms with Gasteiger partial charge in [-0.15, -0.1) is 19.0 Å². The monoisotopic (exact) mass is 274 g/mol. The van der Waals surface area contributed by atoms with Crippen LogP contribution in [-0.4, -0.2) is 31.1 Å². The predicted molar refractivity (Wildman–Crippen MR) is 71.0 cm³/mol. The van der Waals surface area contributed by atoms with Crippen molar-refractivity contribution in [3.63, 3.8) is 0 Å². The average molecular weight is 275 g/mol. The molecular weight excluding hydrogens is 258 g/mol. The van der Waals surface area contributed by atoms with Crippen molar-refractivity contribution in [2.45, 2.75) is 6.04 Å². The van der Waals surface area contributed by atoms with Gasteiger partial charge in [-0.05, 0) is 6.07 Å². The number of hydrogen-bond donors (Lipinski definition) is 1. The lowest BCUT2D eigenvalue weighted by molar-refractivity contribution is 0.199. The minimum absolute atomic E-state index is 0. The summed E-state index contributed by atoms with van der Waals surface area (Å²) in [5.74, 6) is -1.57. The fourth-order valence-electron chi connectivity index (χ4n) is 2.18. The Balaban J connectivity index is 0.00000162. The highest BCUT2D eigenvalue weighted by Crippen LogP contribution is 2.25. The van der Waals surface area contributed by atoms with Crippen LogP contribution in [0.25, 0.3) is 0 Å². The molecule has 1 saturated heterocycles. The van der Waals surface area contributed by atoms with Gasteiger partial charge in [-0.3, -0.25) is 4.90 Å². The number of rotatable bonds is 3. The van der Waals surface area contributed by atoms with Gasteiger partial charge >= 0.3 is 0 Å². The molecule has 1 atom stereocenters. The Morgan fingerprint density at radius 2 is 1.94 bits per heavy atom. The first-order valence-corrected chi connectivity index (χ1v) is 5.75. The zero-order valence-electron chi connectivity index (χ0n) is 10.0. The van der Waals surface area contributed by atoms with E-state index < -0.39 is 11.6 Å². The smallest absolute Gasteiger partial charge is 0.163 e. The van der Waals surface area contributed by atoms with Gasteiger partial charge in [0.15, 0.2) is 11.6 Å². The summed E-state index contributed by atoms with van der Waals surface area (Å²) in [4.78, 5) is 2.10. The van der Waals surface area contributed by atoms with Gasteiger partial charge in [-0.2, -0.15) is 0 Å². The van der Waals surface area contributed by atoms with E-state index in [2.05, 4.69) is 16.8 Å². The number of nitrogens with one attached hydrogen (secondary N) is 1. The Kier molecular flexibility index (Phi) is 5.72. The number of benzene rings is 1. The molecule has 1 aliphatic heterocycles. The lowest BCUT2D eigenvalue weighted by Crippen LogP contribution is -2.44. The van der Waals surface area contributed by atoms with Crippen molar-refractivity contribution in [3.05, 3.63) is 48.1 Å². The van der Waals surface area contributed by atoms with Crippen molar-refractivity contribution >= 4 is 12.4 Å². The Morgan fingerprint density at radius 3 is 2.56 bits per heavy atom. The third-order valence-corrected chi connectivity index (χ3v) is 3.07. The van der Waals surface area contributed by atoms with Crippen molar-refractivity contribution in [2.24, 2.45) is 0 Å². The molecule has 1 aromatic rings. The van der Waals surface area contributed by atoms with E-state index in [0.717, 1.165) is 32.2 Å². The summed E-state index contributed by atoms with van der Waals surface area (Å²) >= 11 is 0. The van der Waals surface area contributed by atoms with Crippen molar-refractivity contribution in [2.75, 3.05) is 26.2 Å². The first-order chi connectivity index (χ1) is 8.24.